The van der Waals surface area contributed by atoms with Crippen LogP contribution in [-0.2, 0) is 6.54 Å². The molecule has 0 atom stereocenters. The van der Waals surface area contributed by atoms with E-state index in [0.717, 1.165) is 5.56 Å². The summed E-state index contributed by atoms with van der Waals surface area (Å²) >= 11 is 5.80. The van der Waals surface area contributed by atoms with Gasteiger partial charge >= 0.3 is 6.03 Å². The van der Waals surface area contributed by atoms with Crippen LogP contribution in [0.3, 0.4) is 0 Å². The molecule has 0 radical (unpaired) electrons. The first-order valence-electron chi connectivity index (χ1n) is 11.1. The Labute approximate surface area is 205 Å². The summed E-state index contributed by atoms with van der Waals surface area (Å²) in [5.74, 6) is -0.207. The second-order valence-corrected chi connectivity index (χ2v) is 8.60. The largest absolute Gasteiger partial charge is 0.348 e. The molecular formula is C25H22ClFN6O2. The van der Waals surface area contributed by atoms with Crippen molar-refractivity contribution >= 4 is 40.3 Å². The van der Waals surface area contributed by atoms with Gasteiger partial charge < -0.3 is 15.1 Å². The molecule has 10 heteroatoms. The molecule has 8 nitrogen and oxygen atoms in total. The molecule has 0 spiro atoms. The molecule has 1 N–H and O–H groups in total. The number of benzene rings is 2. The minimum atomic E-state index is -0.547. The van der Waals surface area contributed by atoms with Gasteiger partial charge in [0.1, 0.15) is 11.3 Å². The predicted molar refractivity (Wildman–Crippen MR) is 134 cm³/mol. The predicted octanol–water partition coefficient (Wildman–Crippen LogP) is 3.99. The summed E-state index contributed by atoms with van der Waals surface area (Å²) in [4.78, 5) is 38.7. The minimum absolute atomic E-state index is 0.0590. The third-order valence-electron chi connectivity index (χ3n) is 5.91. The van der Waals surface area contributed by atoms with Crippen molar-refractivity contribution in [2.75, 3.05) is 36.4 Å². The third-order valence-corrected chi connectivity index (χ3v) is 6.19. The molecule has 35 heavy (non-hydrogen) atoms. The highest BCUT2D eigenvalue weighted by Gasteiger charge is 2.25. The first kappa shape index (κ1) is 22.8. The maximum Gasteiger partial charge on any atom is 0.321 e. The van der Waals surface area contributed by atoms with E-state index < -0.39 is 5.82 Å². The Hall–Kier alpha value is -3.98. The fourth-order valence-corrected chi connectivity index (χ4v) is 4.26. The fourth-order valence-electron chi connectivity index (χ4n) is 4.08. The molecule has 1 aliphatic rings. The molecule has 2 amide bonds. The van der Waals surface area contributed by atoms with Crippen LogP contribution < -0.4 is 15.8 Å². The quantitative estimate of drug-likeness (QED) is 0.466. The van der Waals surface area contributed by atoms with Crippen LogP contribution in [0.25, 0.3) is 11.2 Å². The van der Waals surface area contributed by atoms with Gasteiger partial charge in [0, 0.05) is 38.1 Å². The van der Waals surface area contributed by atoms with Crippen molar-refractivity contribution in [2.24, 2.45) is 0 Å². The molecule has 0 bridgehead atoms. The SMILES string of the molecule is O=C(Nc1ccc(F)c(Cl)c1)N1CCN(c2nc3cccnc3n(Cc3ccccc3)c2=O)CC1. The molecule has 1 aliphatic heterocycles. The van der Waals surface area contributed by atoms with Crippen LogP contribution in [0, 0.1) is 5.82 Å². The van der Waals surface area contributed by atoms with E-state index in [9.17, 15) is 14.0 Å². The Morgan fingerprint density at radius 3 is 2.54 bits per heavy atom. The number of halogens is 2. The number of rotatable bonds is 4. The summed E-state index contributed by atoms with van der Waals surface area (Å²) in [6.07, 6.45) is 1.65. The Bertz CT molecular complexity index is 1440. The molecule has 4 aromatic rings. The van der Waals surface area contributed by atoms with Gasteiger partial charge in [0.2, 0.25) is 0 Å². The second-order valence-electron chi connectivity index (χ2n) is 8.19. The summed E-state index contributed by atoms with van der Waals surface area (Å²) in [6, 6.07) is 17.1. The number of aromatic nitrogens is 3. The summed E-state index contributed by atoms with van der Waals surface area (Å²) in [6.45, 7) is 2.05. The van der Waals surface area contributed by atoms with Crippen molar-refractivity contribution in [3.63, 3.8) is 0 Å². The molecule has 1 saturated heterocycles. The Balaban J connectivity index is 1.35. The van der Waals surface area contributed by atoms with Crippen molar-refractivity contribution in [1.29, 1.82) is 0 Å². The number of amides is 2. The number of nitrogens with one attached hydrogen (secondary N) is 1. The first-order valence-corrected chi connectivity index (χ1v) is 11.5. The zero-order valence-corrected chi connectivity index (χ0v) is 19.5. The number of nitrogens with zero attached hydrogens (tertiary/aromatic N) is 5. The Morgan fingerprint density at radius 1 is 1.03 bits per heavy atom. The average molecular weight is 493 g/mol. The lowest BCUT2D eigenvalue weighted by molar-refractivity contribution is 0.208. The number of pyridine rings is 1. The molecule has 2 aromatic heterocycles. The van der Waals surface area contributed by atoms with Crippen molar-refractivity contribution in [3.05, 3.63) is 93.6 Å². The van der Waals surface area contributed by atoms with E-state index in [-0.39, 0.29) is 16.6 Å². The summed E-state index contributed by atoms with van der Waals surface area (Å²) < 4.78 is 15.0. The van der Waals surface area contributed by atoms with Crippen molar-refractivity contribution in [2.45, 2.75) is 6.54 Å². The van der Waals surface area contributed by atoms with E-state index in [2.05, 4.69) is 15.3 Å². The monoisotopic (exact) mass is 492 g/mol. The number of urea groups is 1. The number of hydrogen-bond acceptors (Lipinski definition) is 5. The maximum atomic E-state index is 13.5. The normalized spacial score (nSPS) is 13.8. The van der Waals surface area contributed by atoms with E-state index in [1.165, 1.54) is 18.2 Å². The van der Waals surface area contributed by atoms with E-state index >= 15 is 0 Å². The molecular weight excluding hydrogens is 471 g/mol. The zero-order valence-electron chi connectivity index (χ0n) is 18.7. The van der Waals surface area contributed by atoms with Crippen LogP contribution in [0.4, 0.5) is 20.7 Å². The van der Waals surface area contributed by atoms with Gasteiger partial charge in [-0.1, -0.05) is 41.9 Å². The van der Waals surface area contributed by atoms with Crippen LogP contribution >= 0.6 is 11.6 Å². The molecule has 3 heterocycles. The molecule has 0 saturated carbocycles. The van der Waals surface area contributed by atoms with Crippen LogP contribution in [0.15, 0.2) is 71.7 Å². The summed E-state index contributed by atoms with van der Waals surface area (Å²) in [5.41, 5.74) is 2.34. The van der Waals surface area contributed by atoms with E-state index in [0.29, 0.717) is 55.4 Å². The number of carbonyl (C=O) groups excluding carboxylic acids is 1. The highest BCUT2D eigenvalue weighted by atomic mass is 35.5. The van der Waals surface area contributed by atoms with Crippen LogP contribution in [0.5, 0.6) is 0 Å². The summed E-state index contributed by atoms with van der Waals surface area (Å²) in [7, 11) is 0. The zero-order chi connectivity index (χ0) is 24.4. The van der Waals surface area contributed by atoms with Gasteiger partial charge in [0.05, 0.1) is 11.6 Å². The molecule has 1 fully saturated rings. The lowest BCUT2D eigenvalue weighted by Crippen LogP contribution is -2.51. The molecule has 2 aromatic carbocycles. The number of anilines is 2. The number of fused-ring (bicyclic) bond motifs is 1. The Morgan fingerprint density at radius 2 is 1.80 bits per heavy atom. The molecule has 0 aliphatic carbocycles. The van der Waals surface area contributed by atoms with Gasteiger partial charge in [0.15, 0.2) is 11.5 Å². The standard InChI is InChI=1S/C25H22ClFN6O2/c26-19-15-18(8-9-20(19)27)29-25(35)32-13-11-31(12-14-32)23-24(34)33(16-17-5-2-1-3-6-17)22-21(30-23)7-4-10-28-22/h1-10,15H,11-14,16H2,(H,29,35). The second kappa shape index (κ2) is 9.71. The molecule has 5 rings (SSSR count). The molecule has 178 valence electrons. The lowest BCUT2D eigenvalue weighted by atomic mass is 10.2. The lowest BCUT2D eigenvalue weighted by Gasteiger charge is -2.35. The van der Waals surface area contributed by atoms with Gasteiger partial charge in [-0.3, -0.25) is 9.36 Å². The maximum absolute atomic E-state index is 13.5. The van der Waals surface area contributed by atoms with Crippen molar-refractivity contribution < 1.29 is 9.18 Å². The van der Waals surface area contributed by atoms with Gasteiger partial charge in [-0.2, -0.15) is 0 Å². The average Bonchev–Trinajstić information content (AvgIpc) is 2.88. The van der Waals surface area contributed by atoms with E-state index in [4.69, 9.17) is 11.6 Å². The topological polar surface area (TPSA) is 83.4 Å². The van der Waals surface area contributed by atoms with Crippen molar-refractivity contribution in [3.8, 4) is 0 Å². The van der Waals surface area contributed by atoms with E-state index in [1.54, 1.807) is 21.7 Å². The van der Waals surface area contributed by atoms with Crippen LogP contribution in [0.1, 0.15) is 5.56 Å². The van der Waals surface area contributed by atoms with Gasteiger partial charge in [0.25, 0.3) is 5.56 Å². The van der Waals surface area contributed by atoms with Gasteiger partial charge in [-0.25, -0.2) is 19.2 Å². The van der Waals surface area contributed by atoms with Gasteiger partial charge in [-0.15, -0.1) is 0 Å². The highest BCUT2D eigenvalue weighted by molar-refractivity contribution is 6.31. The first-order chi connectivity index (χ1) is 17.0. The summed E-state index contributed by atoms with van der Waals surface area (Å²) in [5, 5.41) is 2.67. The van der Waals surface area contributed by atoms with Crippen LogP contribution in [0.2, 0.25) is 5.02 Å². The number of piperazine rings is 1. The third kappa shape index (κ3) is 4.81. The molecule has 0 unspecified atom stereocenters. The van der Waals surface area contributed by atoms with E-state index in [1.807, 2.05) is 41.3 Å². The van der Waals surface area contributed by atoms with Crippen LogP contribution in [-0.4, -0.2) is 51.6 Å². The number of carbonyl (C=O) groups is 1. The number of hydrogen-bond donors (Lipinski definition) is 1. The smallest absolute Gasteiger partial charge is 0.321 e. The minimum Gasteiger partial charge on any atom is -0.348 e. The Kier molecular flexibility index (Phi) is 6.33. The van der Waals surface area contributed by atoms with Crippen molar-refractivity contribution in [1.82, 2.24) is 19.4 Å². The van der Waals surface area contributed by atoms with Gasteiger partial charge in [-0.05, 0) is 35.9 Å². The highest BCUT2D eigenvalue weighted by Crippen LogP contribution is 2.20. The fraction of sp³-hybridized carbons (Fsp3) is 0.200.